The van der Waals surface area contributed by atoms with E-state index in [-0.39, 0.29) is 5.97 Å². The van der Waals surface area contributed by atoms with E-state index in [9.17, 15) is 4.79 Å². The number of aromatic nitrogens is 1. The Labute approximate surface area is 131 Å². The van der Waals surface area contributed by atoms with Crippen LogP contribution in [0.1, 0.15) is 20.9 Å². The van der Waals surface area contributed by atoms with Gasteiger partial charge in [0.25, 0.3) is 0 Å². The molecule has 0 fully saturated rings. The molecule has 3 rings (SSSR count). The van der Waals surface area contributed by atoms with E-state index in [0.717, 1.165) is 26.5 Å². The summed E-state index contributed by atoms with van der Waals surface area (Å²) in [5.74, 6) is -0.355. The second kappa shape index (κ2) is 5.99. The molecule has 5 heteroatoms. The zero-order valence-corrected chi connectivity index (χ0v) is 12.8. The number of hydrogen-bond acceptors (Lipinski definition) is 5. The fraction of sp³-hybridized carbons (Fsp3) is 0.0588. The van der Waals surface area contributed by atoms with Crippen LogP contribution in [-0.4, -0.2) is 18.1 Å². The number of thiazole rings is 1. The Kier molecular flexibility index (Phi) is 3.89. The van der Waals surface area contributed by atoms with Crippen molar-refractivity contribution in [1.29, 1.82) is 0 Å². The van der Waals surface area contributed by atoms with E-state index < -0.39 is 0 Å². The molecule has 0 saturated carbocycles. The van der Waals surface area contributed by atoms with Crippen molar-refractivity contribution in [3.8, 4) is 0 Å². The normalized spacial score (nSPS) is 11.1. The van der Waals surface area contributed by atoms with E-state index in [1.165, 1.54) is 7.11 Å². The molecule has 0 unspecified atom stereocenters. The predicted octanol–water partition coefficient (Wildman–Crippen LogP) is 3.84. The largest absolute Gasteiger partial charge is 0.465 e. The van der Waals surface area contributed by atoms with E-state index in [1.807, 2.05) is 42.5 Å². The third kappa shape index (κ3) is 2.99. The summed E-state index contributed by atoms with van der Waals surface area (Å²) in [6.07, 6.45) is 3.91. The minimum Gasteiger partial charge on any atom is -0.465 e. The van der Waals surface area contributed by atoms with E-state index >= 15 is 0 Å². The number of methoxy groups -OCH3 is 1. The highest BCUT2D eigenvalue weighted by atomic mass is 32.1. The van der Waals surface area contributed by atoms with Crippen LogP contribution in [0.4, 0.5) is 5.69 Å². The van der Waals surface area contributed by atoms with Gasteiger partial charge in [0, 0.05) is 5.69 Å². The van der Waals surface area contributed by atoms with Crippen molar-refractivity contribution in [2.75, 3.05) is 12.8 Å². The Hall–Kier alpha value is -2.66. The second-order valence-corrected chi connectivity index (χ2v) is 5.79. The Morgan fingerprint density at radius 3 is 2.86 bits per heavy atom. The van der Waals surface area contributed by atoms with Crippen molar-refractivity contribution in [2.24, 2.45) is 0 Å². The second-order valence-electron chi connectivity index (χ2n) is 4.73. The zero-order chi connectivity index (χ0) is 15.5. The summed E-state index contributed by atoms with van der Waals surface area (Å²) < 4.78 is 5.75. The van der Waals surface area contributed by atoms with Gasteiger partial charge in [0.05, 0.1) is 22.9 Å². The third-order valence-corrected chi connectivity index (χ3v) is 4.16. The zero-order valence-electron chi connectivity index (χ0n) is 11.9. The van der Waals surface area contributed by atoms with Gasteiger partial charge in [0.2, 0.25) is 0 Å². The fourth-order valence-corrected chi connectivity index (χ4v) is 2.94. The lowest BCUT2D eigenvalue weighted by Crippen LogP contribution is -2.00. The molecule has 3 aromatic rings. The molecule has 4 nitrogen and oxygen atoms in total. The minimum atomic E-state index is -0.355. The first-order chi connectivity index (χ1) is 10.7. The smallest absolute Gasteiger partial charge is 0.337 e. The molecule has 0 atom stereocenters. The van der Waals surface area contributed by atoms with Crippen LogP contribution in [0.3, 0.4) is 0 Å². The standard InChI is InChI=1S/C17H14N2O2S/c1-21-17(20)12-6-7-15-14(10-12)19-16(22-15)8-5-11-3-2-4-13(18)9-11/h2-10H,18H2,1H3. The molecular formula is C17H14N2O2S. The van der Waals surface area contributed by atoms with Crippen LogP contribution in [0.15, 0.2) is 42.5 Å². The Morgan fingerprint density at radius 2 is 2.09 bits per heavy atom. The number of carbonyl (C=O) groups excluding carboxylic acids is 1. The number of ether oxygens (including phenoxy) is 1. The number of rotatable bonds is 3. The first-order valence-corrected chi connectivity index (χ1v) is 7.50. The number of nitrogens with two attached hydrogens (primary N) is 1. The van der Waals surface area contributed by atoms with Crippen LogP contribution < -0.4 is 5.73 Å². The minimum absolute atomic E-state index is 0.355. The summed E-state index contributed by atoms with van der Waals surface area (Å²) in [5.41, 5.74) is 8.81. The van der Waals surface area contributed by atoms with Gasteiger partial charge in [0.1, 0.15) is 5.01 Å². The molecule has 2 N–H and O–H groups in total. The van der Waals surface area contributed by atoms with Gasteiger partial charge >= 0.3 is 5.97 Å². The molecule has 1 heterocycles. The Morgan fingerprint density at radius 1 is 1.23 bits per heavy atom. The molecule has 0 saturated heterocycles. The number of carbonyl (C=O) groups is 1. The summed E-state index contributed by atoms with van der Waals surface area (Å²) in [4.78, 5) is 16.1. The quantitative estimate of drug-likeness (QED) is 0.589. The fourth-order valence-electron chi connectivity index (χ4n) is 2.09. The van der Waals surface area contributed by atoms with Gasteiger partial charge in [-0.05, 0) is 42.0 Å². The Bertz CT molecular complexity index is 868. The number of nitrogens with zero attached hydrogens (tertiary/aromatic N) is 1. The van der Waals surface area contributed by atoms with Gasteiger partial charge in [0.15, 0.2) is 0 Å². The molecule has 0 aliphatic rings. The van der Waals surface area contributed by atoms with Gasteiger partial charge in [-0.15, -0.1) is 11.3 Å². The lowest BCUT2D eigenvalue weighted by molar-refractivity contribution is 0.0601. The van der Waals surface area contributed by atoms with Crippen molar-refractivity contribution >= 4 is 45.4 Å². The van der Waals surface area contributed by atoms with Crippen molar-refractivity contribution in [2.45, 2.75) is 0 Å². The number of esters is 1. The van der Waals surface area contributed by atoms with Gasteiger partial charge in [-0.3, -0.25) is 0 Å². The molecule has 22 heavy (non-hydrogen) atoms. The molecule has 0 spiro atoms. The van der Waals surface area contributed by atoms with Crippen LogP contribution in [-0.2, 0) is 4.74 Å². The summed E-state index contributed by atoms with van der Waals surface area (Å²) in [6.45, 7) is 0. The number of nitrogen functional groups attached to an aromatic ring is 1. The van der Waals surface area contributed by atoms with Crippen LogP contribution in [0, 0.1) is 0 Å². The van der Waals surface area contributed by atoms with Crippen molar-refractivity contribution < 1.29 is 9.53 Å². The first kappa shape index (κ1) is 14.3. The third-order valence-electron chi connectivity index (χ3n) is 3.15. The summed E-state index contributed by atoms with van der Waals surface area (Å²) >= 11 is 1.57. The molecule has 110 valence electrons. The maximum absolute atomic E-state index is 11.5. The molecule has 2 aromatic carbocycles. The summed E-state index contributed by atoms with van der Waals surface area (Å²) in [7, 11) is 1.37. The van der Waals surface area contributed by atoms with Crippen molar-refractivity contribution in [3.05, 3.63) is 58.6 Å². The molecule has 1 aromatic heterocycles. The predicted molar refractivity (Wildman–Crippen MR) is 90.7 cm³/mol. The maximum atomic E-state index is 11.5. The highest BCUT2D eigenvalue weighted by Crippen LogP contribution is 2.25. The summed E-state index contributed by atoms with van der Waals surface area (Å²) in [6, 6.07) is 13.0. The van der Waals surface area contributed by atoms with E-state index in [0.29, 0.717) is 5.56 Å². The van der Waals surface area contributed by atoms with Crippen LogP contribution in [0.5, 0.6) is 0 Å². The Balaban J connectivity index is 1.90. The first-order valence-electron chi connectivity index (χ1n) is 6.68. The molecule has 0 radical (unpaired) electrons. The van der Waals surface area contributed by atoms with Gasteiger partial charge in [-0.2, -0.15) is 0 Å². The van der Waals surface area contributed by atoms with Gasteiger partial charge in [-0.25, -0.2) is 9.78 Å². The highest BCUT2D eigenvalue weighted by molar-refractivity contribution is 7.19. The van der Waals surface area contributed by atoms with Crippen molar-refractivity contribution in [3.63, 3.8) is 0 Å². The average Bonchev–Trinajstić information content (AvgIpc) is 2.94. The van der Waals surface area contributed by atoms with Gasteiger partial charge < -0.3 is 10.5 Å². The van der Waals surface area contributed by atoms with Crippen molar-refractivity contribution in [1.82, 2.24) is 4.98 Å². The molecule has 0 bridgehead atoms. The molecule has 0 aliphatic carbocycles. The lowest BCUT2D eigenvalue weighted by atomic mass is 10.2. The number of anilines is 1. The van der Waals surface area contributed by atoms with Crippen LogP contribution >= 0.6 is 11.3 Å². The monoisotopic (exact) mass is 310 g/mol. The average molecular weight is 310 g/mol. The molecule has 0 aliphatic heterocycles. The number of hydrogen-bond donors (Lipinski definition) is 1. The van der Waals surface area contributed by atoms with E-state index in [4.69, 9.17) is 10.5 Å². The van der Waals surface area contributed by atoms with E-state index in [2.05, 4.69) is 4.98 Å². The summed E-state index contributed by atoms with van der Waals surface area (Å²) in [5, 5.41) is 0.874. The van der Waals surface area contributed by atoms with E-state index in [1.54, 1.807) is 23.5 Å². The molecular weight excluding hydrogens is 296 g/mol. The lowest BCUT2D eigenvalue weighted by Gasteiger charge is -1.97. The number of benzene rings is 2. The molecule has 0 amide bonds. The van der Waals surface area contributed by atoms with Crippen LogP contribution in [0.2, 0.25) is 0 Å². The highest BCUT2D eigenvalue weighted by Gasteiger charge is 2.08. The van der Waals surface area contributed by atoms with Crippen LogP contribution in [0.25, 0.3) is 22.4 Å². The number of fused-ring (bicyclic) bond motifs is 1. The van der Waals surface area contributed by atoms with Gasteiger partial charge in [-0.1, -0.05) is 18.2 Å². The SMILES string of the molecule is COC(=O)c1ccc2sc(C=Cc3cccc(N)c3)nc2c1. The topological polar surface area (TPSA) is 65.2 Å². The maximum Gasteiger partial charge on any atom is 0.337 e.